The zero-order valence-electron chi connectivity index (χ0n) is 16.9. The minimum absolute atomic E-state index is 0.00997. The summed E-state index contributed by atoms with van der Waals surface area (Å²) < 4.78 is 0. The summed E-state index contributed by atoms with van der Waals surface area (Å²) in [6.45, 7) is 8.04. The molecule has 0 aliphatic carbocycles. The van der Waals surface area contributed by atoms with Crippen LogP contribution in [-0.2, 0) is 5.41 Å². The van der Waals surface area contributed by atoms with Crippen molar-refractivity contribution >= 4 is 23.0 Å². The first-order valence-corrected chi connectivity index (χ1v) is 9.60. The first kappa shape index (κ1) is 19.9. The van der Waals surface area contributed by atoms with Gasteiger partial charge in [-0.3, -0.25) is 14.9 Å². The number of rotatable bonds is 4. The van der Waals surface area contributed by atoms with Crippen LogP contribution in [-0.4, -0.2) is 31.0 Å². The Kier molecular flexibility index (Phi) is 5.40. The van der Waals surface area contributed by atoms with Crippen LogP contribution in [0.1, 0.15) is 49.5 Å². The second-order valence-electron chi connectivity index (χ2n) is 8.32. The average molecular weight is 381 g/mol. The lowest BCUT2D eigenvalue weighted by Gasteiger charge is -2.22. The number of hydrogen-bond acceptors (Lipinski definition) is 4. The predicted octanol–water partition coefficient (Wildman–Crippen LogP) is 4.77. The third kappa shape index (κ3) is 4.01. The van der Waals surface area contributed by atoms with Crippen LogP contribution in [0.25, 0.3) is 0 Å². The summed E-state index contributed by atoms with van der Waals surface area (Å²) in [7, 11) is 1.69. The second kappa shape index (κ2) is 7.62. The number of anilines is 2. The van der Waals surface area contributed by atoms with Crippen LogP contribution in [0.15, 0.2) is 42.5 Å². The van der Waals surface area contributed by atoms with Crippen molar-refractivity contribution in [3.05, 3.63) is 63.7 Å². The molecule has 2 aromatic carbocycles. The molecule has 6 nitrogen and oxygen atoms in total. The molecule has 148 valence electrons. The van der Waals surface area contributed by atoms with E-state index in [4.69, 9.17) is 0 Å². The summed E-state index contributed by atoms with van der Waals surface area (Å²) in [4.78, 5) is 27.6. The van der Waals surface area contributed by atoms with Gasteiger partial charge in [-0.1, -0.05) is 32.9 Å². The van der Waals surface area contributed by atoms with Crippen LogP contribution in [0.5, 0.6) is 0 Å². The molecule has 3 rings (SSSR count). The second-order valence-corrected chi connectivity index (χ2v) is 8.32. The minimum Gasteiger partial charge on any atom is -0.366 e. The average Bonchev–Trinajstić information content (AvgIpc) is 3.20. The zero-order chi connectivity index (χ0) is 20.5. The van der Waals surface area contributed by atoms with E-state index >= 15 is 0 Å². The van der Waals surface area contributed by atoms with Crippen molar-refractivity contribution in [1.82, 2.24) is 0 Å². The highest BCUT2D eigenvalue weighted by molar-refractivity contribution is 6.06. The molecule has 1 aliphatic heterocycles. The number of hydrogen-bond donors (Lipinski definition) is 0. The van der Waals surface area contributed by atoms with Gasteiger partial charge in [0.1, 0.15) is 5.69 Å². The third-order valence-electron chi connectivity index (χ3n) is 5.29. The van der Waals surface area contributed by atoms with Crippen LogP contribution in [0.4, 0.5) is 17.1 Å². The number of nitrogens with zero attached hydrogens (tertiary/aromatic N) is 3. The van der Waals surface area contributed by atoms with E-state index in [1.807, 2.05) is 29.2 Å². The highest BCUT2D eigenvalue weighted by Gasteiger charge is 2.25. The Balaban J connectivity index is 1.87. The summed E-state index contributed by atoms with van der Waals surface area (Å²) in [5, 5.41) is 11.6. The molecule has 0 spiro atoms. The standard InChI is InChI=1S/C22H27N3O3/c1-22(2,3)17-8-10-18(11-9-17)23(4)21(26)16-7-12-19(20(15-16)25(27)28)24-13-5-6-14-24/h7-12,15H,5-6,13-14H2,1-4H3. The van der Waals surface area contributed by atoms with E-state index < -0.39 is 4.92 Å². The van der Waals surface area contributed by atoms with Crippen LogP contribution < -0.4 is 9.80 Å². The molecule has 1 fully saturated rings. The fraction of sp³-hybridized carbons (Fsp3) is 0.409. The smallest absolute Gasteiger partial charge is 0.293 e. The number of nitro groups is 1. The van der Waals surface area contributed by atoms with E-state index in [2.05, 4.69) is 20.8 Å². The molecule has 0 radical (unpaired) electrons. The van der Waals surface area contributed by atoms with Crippen molar-refractivity contribution in [2.24, 2.45) is 0 Å². The van der Waals surface area contributed by atoms with Crippen LogP contribution >= 0.6 is 0 Å². The number of nitro benzene ring substituents is 1. The summed E-state index contributed by atoms with van der Waals surface area (Å²) in [5.74, 6) is -0.264. The Bertz CT molecular complexity index is 879. The molecule has 1 aliphatic rings. The van der Waals surface area contributed by atoms with E-state index in [-0.39, 0.29) is 17.0 Å². The van der Waals surface area contributed by atoms with Crippen molar-refractivity contribution in [2.45, 2.75) is 39.0 Å². The molecule has 28 heavy (non-hydrogen) atoms. The fourth-order valence-electron chi connectivity index (χ4n) is 3.52. The van der Waals surface area contributed by atoms with Gasteiger partial charge < -0.3 is 9.80 Å². The molecular weight excluding hydrogens is 354 g/mol. The SMILES string of the molecule is CN(C(=O)c1ccc(N2CCCC2)c([N+](=O)[O-])c1)c1ccc(C(C)(C)C)cc1. The molecular formula is C22H27N3O3. The first-order chi connectivity index (χ1) is 13.2. The van der Waals surface area contributed by atoms with Gasteiger partial charge in [0, 0.05) is 37.5 Å². The number of carbonyl (C=O) groups excluding carboxylic acids is 1. The molecule has 2 aromatic rings. The van der Waals surface area contributed by atoms with Crippen LogP contribution in [0.3, 0.4) is 0 Å². The Morgan fingerprint density at radius 3 is 2.21 bits per heavy atom. The molecule has 1 heterocycles. The van der Waals surface area contributed by atoms with Gasteiger partial charge in [-0.2, -0.15) is 0 Å². The van der Waals surface area contributed by atoms with Crippen molar-refractivity contribution < 1.29 is 9.72 Å². The lowest BCUT2D eigenvalue weighted by Crippen LogP contribution is -2.27. The Hall–Kier alpha value is -2.89. The van der Waals surface area contributed by atoms with Crippen molar-refractivity contribution in [3.8, 4) is 0 Å². The quantitative estimate of drug-likeness (QED) is 0.565. The van der Waals surface area contributed by atoms with E-state index in [0.717, 1.165) is 31.6 Å². The van der Waals surface area contributed by atoms with Crippen molar-refractivity contribution in [3.63, 3.8) is 0 Å². The lowest BCUT2D eigenvalue weighted by molar-refractivity contribution is -0.384. The number of benzene rings is 2. The third-order valence-corrected chi connectivity index (χ3v) is 5.29. The Morgan fingerprint density at radius 1 is 1.07 bits per heavy atom. The van der Waals surface area contributed by atoms with Crippen LogP contribution in [0.2, 0.25) is 0 Å². The summed E-state index contributed by atoms with van der Waals surface area (Å²) in [5.41, 5.74) is 2.87. The van der Waals surface area contributed by atoms with Gasteiger partial charge >= 0.3 is 0 Å². The summed E-state index contributed by atoms with van der Waals surface area (Å²) >= 11 is 0. The molecule has 6 heteroatoms. The van der Waals surface area contributed by atoms with Gasteiger partial charge in [-0.05, 0) is 48.1 Å². The molecule has 0 bridgehead atoms. The largest absolute Gasteiger partial charge is 0.366 e. The van der Waals surface area contributed by atoms with Crippen molar-refractivity contribution in [1.29, 1.82) is 0 Å². The Morgan fingerprint density at radius 2 is 1.68 bits per heavy atom. The van der Waals surface area contributed by atoms with Crippen molar-refractivity contribution in [2.75, 3.05) is 29.9 Å². The minimum atomic E-state index is -0.400. The zero-order valence-corrected chi connectivity index (χ0v) is 16.9. The van der Waals surface area contributed by atoms with Gasteiger partial charge in [0.25, 0.3) is 11.6 Å². The van der Waals surface area contributed by atoms with Crippen LogP contribution in [0, 0.1) is 10.1 Å². The van der Waals surface area contributed by atoms with Gasteiger partial charge in [-0.15, -0.1) is 0 Å². The maximum Gasteiger partial charge on any atom is 0.293 e. The van der Waals surface area contributed by atoms with Gasteiger partial charge in [0.15, 0.2) is 0 Å². The topological polar surface area (TPSA) is 66.7 Å². The lowest BCUT2D eigenvalue weighted by atomic mass is 9.87. The monoisotopic (exact) mass is 381 g/mol. The fourth-order valence-corrected chi connectivity index (χ4v) is 3.52. The van der Waals surface area contributed by atoms with E-state index in [9.17, 15) is 14.9 Å². The molecule has 0 atom stereocenters. The van der Waals surface area contributed by atoms with Gasteiger partial charge in [-0.25, -0.2) is 0 Å². The maximum absolute atomic E-state index is 12.9. The maximum atomic E-state index is 12.9. The molecule has 0 aromatic heterocycles. The highest BCUT2D eigenvalue weighted by Crippen LogP contribution is 2.32. The highest BCUT2D eigenvalue weighted by atomic mass is 16.6. The van der Waals surface area contributed by atoms with Gasteiger partial charge in [0.05, 0.1) is 4.92 Å². The van der Waals surface area contributed by atoms with E-state index in [1.54, 1.807) is 19.2 Å². The molecule has 0 N–H and O–H groups in total. The summed E-state index contributed by atoms with van der Waals surface area (Å²) in [6.07, 6.45) is 2.07. The first-order valence-electron chi connectivity index (χ1n) is 9.60. The molecule has 1 saturated heterocycles. The number of carbonyl (C=O) groups is 1. The molecule has 1 amide bonds. The van der Waals surface area contributed by atoms with Gasteiger partial charge in [0.2, 0.25) is 0 Å². The van der Waals surface area contributed by atoms with E-state index in [0.29, 0.717) is 11.3 Å². The van der Waals surface area contributed by atoms with E-state index in [1.165, 1.54) is 16.5 Å². The normalized spacial score (nSPS) is 14.2. The summed E-state index contributed by atoms with van der Waals surface area (Å²) in [6, 6.07) is 12.6. The Labute approximate surface area is 165 Å². The number of amides is 1. The predicted molar refractivity (Wildman–Crippen MR) is 112 cm³/mol. The molecule has 0 saturated carbocycles. The molecule has 0 unspecified atom stereocenters.